The molecule has 7 heteroatoms. The van der Waals surface area contributed by atoms with Crippen LogP contribution in [0.1, 0.15) is 39.3 Å². The second-order valence-corrected chi connectivity index (χ2v) is 9.47. The van der Waals surface area contributed by atoms with E-state index >= 15 is 0 Å². The summed E-state index contributed by atoms with van der Waals surface area (Å²) >= 11 is 0. The highest BCUT2D eigenvalue weighted by Crippen LogP contribution is 2.41. The molecular formula is C28H29FN4O2. The van der Waals surface area contributed by atoms with Gasteiger partial charge >= 0.3 is 0 Å². The van der Waals surface area contributed by atoms with E-state index in [4.69, 9.17) is 0 Å². The SMILES string of the molecule is Cc1c(/C=C2\C(=O)Nc3cccc(-c4cccc(F)c4)c32)[nH]c2c1C(=O)N(CCN(C)C)CCC2. The number of likely N-dealkylation sites (N-methyl/N-ethyl adjacent to an activating group) is 1. The van der Waals surface area contributed by atoms with Gasteiger partial charge in [0.2, 0.25) is 0 Å². The Morgan fingerprint density at radius 3 is 2.69 bits per heavy atom. The highest BCUT2D eigenvalue weighted by atomic mass is 19.1. The van der Waals surface area contributed by atoms with Crippen molar-refractivity contribution in [3.63, 3.8) is 0 Å². The third-order valence-electron chi connectivity index (χ3n) is 6.79. The molecule has 180 valence electrons. The van der Waals surface area contributed by atoms with Gasteiger partial charge in [-0.05, 0) is 74.8 Å². The first-order valence-electron chi connectivity index (χ1n) is 11.9. The molecule has 1 aromatic heterocycles. The molecule has 0 atom stereocenters. The number of aromatic nitrogens is 1. The number of hydrogen-bond donors (Lipinski definition) is 2. The number of benzene rings is 2. The summed E-state index contributed by atoms with van der Waals surface area (Å²) in [5.74, 6) is -0.509. The molecule has 3 heterocycles. The molecule has 2 aliphatic heterocycles. The van der Waals surface area contributed by atoms with Gasteiger partial charge in [0.15, 0.2) is 0 Å². The lowest BCUT2D eigenvalue weighted by Crippen LogP contribution is -2.36. The maximum atomic E-state index is 14.0. The molecule has 0 spiro atoms. The maximum absolute atomic E-state index is 14.0. The average Bonchev–Trinajstić information content (AvgIpc) is 3.25. The molecule has 2 N–H and O–H groups in total. The first-order valence-corrected chi connectivity index (χ1v) is 11.9. The van der Waals surface area contributed by atoms with Crippen molar-refractivity contribution in [2.75, 3.05) is 39.0 Å². The van der Waals surface area contributed by atoms with Crippen molar-refractivity contribution in [1.29, 1.82) is 0 Å². The zero-order chi connectivity index (χ0) is 24.7. The highest BCUT2D eigenvalue weighted by Gasteiger charge is 2.30. The molecule has 6 nitrogen and oxygen atoms in total. The molecule has 0 aliphatic carbocycles. The van der Waals surface area contributed by atoms with Crippen LogP contribution in [-0.4, -0.2) is 60.3 Å². The van der Waals surface area contributed by atoms with Gasteiger partial charge in [-0.2, -0.15) is 0 Å². The van der Waals surface area contributed by atoms with Gasteiger partial charge in [-0.25, -0.2) is 4.39 Å². The summed E-state index contributed by atoms with van der Waals surface area (Å²) in [6.45, 7) is 4.15. The van der Waals surface area contributed by atoms with Crippen LogP contribution in [0.15, 0.2) is 42.5 Å². The summed E-state index contributed by atoms with van der Waals surface area (Å²) in [6.07, 6.45) is 3.49. The van der Waals surface area contributed by atoms with Crippen molar-refractivity contribution >= 4 is 29.2 Å². The van der Waals surface area contributed by atoms with Gasteiger partial charge in [0.25, 0.3) is 11.8 Å². The van der Waals surface area contributed by atoms with E-state index in [0.29, 0.717) is 28.9 Å². The van der Waals surface area contributed by atoms with Crippen LogP contribution in [0, 0.1) is 12.7 Å². The van der Waals surface area contributed by atoms with Crippen LogP contribution in [0.5, 0.6) is 0 Å². The van der Waals surface area contributed by atoms with Gasteiger partial charge < -0.3 is 20.1 Å². The molecule has 0 bridgehead atoms. The predicted molar refractivity (Wildman–Crippen MR) is 137 cm³/mol. The predicted octanol–water partition coefficient (Wildman–Crippen LogP) is 4.57. The lowest BCUT2D eigenvalue weighted by molar-refractivity contribution is -0.110. The first kappa shape index (κ1) is 23.1. The zero-order valence-corrected chi connectivity index (χ0v) is 20.2. The molecule has 0 unspecified atom stereocenters. The monoisotopic (exact) mass is 472 g/mol. The van der Waals surface area contributed by atoms with E-state index in [1.54, 1.807) is 6.07 Å². The summed E-state index contributed by atoms with van der Waals surface area (Å²) in [5.41, 5.74) is 6.65. The number of hydrogen-bond acceptors (Lipinski definition) is 3. The Morgan fingerprint density at radius 2 is 1.91 bits per heavy atom. The van der Waals surface area contributed by atoms with Crippen molar-refractivity contribution in [1.82, 2.24) is 14.8 Å². The molecule has 3 aromatic rings. The molecule has 2 aromatic carbocycles. The molecule has 5 rings (SSSR count). The van der Waals surface area contributed by atoms with Crippen LogP contribution in [0.2, 0.25) is 0 Å². The lowest BCUT2D eigenvalue weighted by Gasteiger charge is -2.23. The first-order chi connectivity index (χ1) is 16.8. The van der Waals surface area contributed by atoms with Gasteiger partial charge in [-0.3, -0.25) is 9.59 Å². The number of anilines is 1. The fraction of sp³-hybridized carbons (Fsp3) is 0.286. The van der Waals surface area contributed by atoms with Crippen LogP contribution >= 0.6 is 0 Å². The summed E-state index contributed by atoms with van der Waals surface area (Å²) in [7, 11) is 4.00. The van der Waals surface area contributed by atoms with Crippen LogP contribution < -0.4 is 5.32 Å². The molecule has 0 saturated carbocycles. The van der Waals surface area contributed by atoms with Gasteiger partial charge in [0, 0.05) is 42.3 Å². The molecule has 2 amide bonds. The van der Waals surface area contributed by atoms with E-state index in [2.05, 4.69) is 15.2 Å². The number of carbonyl (C=O) groups excluding carboxylic acids is 2. The number of H-pyrrole nitrogens is 1. The molecule has 2 aliphatic rings. The zero-order valence-electron chi connectivity index (χ0n) is 20.2. The highest BCUT2D eigenvalue weighted by molar-refractivity contribution is 6.36. The van der Waals surface area contributed by atoms with E-state index in [1.165, 1.54) is 12.1 Å². The minimum atomic E-state index is -0.329. The van der Waals surface area contributed by atoms with Crippen LogP contribution in [0.25, 0.3) is 22.8 Å². The summed E-state index contributed by atoms with van der Waals surface area (Å²) in [4.78, 5) is 33.8. The second kappa shape index (κ2) is 9.15. The Hall–Kier alpha value is -3.71. The average molecular weight is 473 g/mol. The molecule has 0 saturated heterocycles. The third-order valence-corrected chi connectivity index (χ3v) is 6.79. The van der Waals surface area contributed by atoms with Gasteiger partial charge in [0.05, 0.1) is 11.1 Å². The Kier molecular flexibility index (Phi) is 6.03. The van der Waals surface area contributed by atoms with Crippen molar-refractivity contribution in [3.05, 3.63) is 76.4 Å². The number of nitrogens with zero attached hydrogens (tertiary/aromatic N) is 2. The molecular weight excluding hydrogens is 443 g/mol. The standard InChI is InChI=1S/C28H29FN4O2/c1-17-24(30-22-11-6-12-33(14-13-32(2)3)28(35)25(17)22)16-21-26-20(18-7-4-8-19(29)15-18)9-5-10-23(26)31-27(21)34/h4-5,7-10,15-16,30H,6,11-14H2,1-3H3,(H,31,34)/b21-16-. The number of aromatic amines is 1. The second-order valence-electron chi connectivity index (χ2n) is 9.47. The third kappa shape index (κ3) is 4.28. The van der Waals surface area contributed by atoms with Gasteiger partial charge in [-0.1, -0.05) is 24.3 Å². The Balaban J connectivity index is 1.57. The van der Waals surface area contributed by atoms with E-state index < -0.39 is 0 Å². The van der Waals surface area contributed by atoms with Crippen molar-refractivity contribution in [2.45, 2.75) is 19.8 Å². The van der Waals surface area contributed by atoms with E-state index in [9.17, 15) is 14.0 Å². The minimum Gasteiger partial charge on any atom is -0.358 e. The molecule has 0 radical (unpaired) electrons. The summed E-state index contributed by atoms with van der Waals surface area (Å²) in [6, 6.07) is 12.0. The smallest absolute Gasteiger partial charge is 0.256 e. The van der Waals surface area contributed by atoms with Crippen LogP contribution in [-0.2, 0) is 11.2 Å². The molecule has 0 fully saturated rings. The normalized spacial score (nSPS) is 16.5. The fourth-order valence-corrected chi connectivity index (χ4v) is 4.97. The van der Waals surface area contributed by atoms with Crippen LogP contribution in [0.3, 0.4) is 0 Å². The number of aryl methyl sites for hydroxylation is 1. The van der Waals surface area contributed by atoms with E-state index in [1.807, 2.05) is 56.3 Å². The number of rotatable bonds is 5. The van der Waals surface area contributed by atoms with Crippen molar-refractivity contribution in [3.8, 4) is 11.1 Å². The number of amides is 2. The number of carbonyl (C=O) groups is 2. The minimum absolute atomic E-state index is 0.0365. The maximum Gasteiger partial charge on any atom is 0.256 e. The Labute approximate surface area is 204 Å². The number of fused-ring (bicyclic) bond motifs is 2. The topological polar surface area (TPSA) is 68.4 Å². The Bertz CT molecular complexity index is 1350. The largest absolute Gasteiger partial charge is 0.358 e. The summed E-state index contributed by atoms with van der Waals surface area (Å²) < 4.78 is 14.0. The number of halogens is 1. The van der Waals surface area contributed by atoms with Crippen LogP contribution in [0.4, 0.5) is 10.1 Å². The fourth-order valence-electron chi connectivity index (χ4n) is 4.97. The van der Waals surface area contributed by atoms with Crippen molar-refractivity contribution < 1.29 is 14.0 Å². The Morgan fingerprint density at radius 1 is 1.11 bits per heavy atom. The lowest BCUT2D eigenvalue weighted by atomic mass is 9.94. The number of nitrogens with one attached hydrogen (secondary N) is 2. The molecule has 35 heavy (non-hydrogen) atoms. The van der Waals surface area contributed by atoms with Gasteiger partial charge in [-0.15, -0.1) is 0 Å². The van der Waals surface area contributed by atoms with Gasteiger partial charge in [0.1, 0.15) is 5.82 Å². The summed E-state index contributed by atoms with van der Waals surface area (Å²) in [5, 5.41) is 2.93. The van der Waals surface area contributed by atoms with Crippen molar-refractivity contribution in [2.24, 2.45) is 0 Å². The van der Waals surface area contributed by atoms with E-state index in [-0.39, 0.29) is 17.6 Å². The quantitative estimate of drug-likeness (QED) is 0.535. The van der Waals surface area contributed by atoms with E-state index in [0.717, 1.165) is 54.0 Å².